The van der Waals surface area contributed by atoms with Gasteiger partial charge in [-0.3, -0.25) is 9.78 Å². The van der Waals surface area contributed by atoms with Gasteiger partial charge >= 0.3 is 0 Å². The maximum atomic E-state index is 12.7. The predicted molar refractivity (Wildman–Crippen MR) is 82.7 cm³/mol. The fourth-order valence-corrected chi connectivity index (χ4v) is 2.86. The zero-order valence-electron chi connectivity index (χ0n) is 12.2. The SMILES string of the molecule is COc1ccc2cc(C(=O)N3Cc4cccnc4C3)[nH]c2c1. The second-order valence-electron chi connectivity index (χ2n) is 5.41. The molecule has 0 aliphatic carbocycles. The van der Waals surface area contributed by atoms with Crippen LogP contribution >= 0.6 is 0 Å². The Morgan fingerprint density at radius 1 is 1.27 bits per heavy atom. The second-order valence-corrected chi connectivity index (χ2v) is 5.41. The Balaban J connectivity index is 1.64. The van der Waals surface area contributed by atoms with Crippen LogP contribution in [0.4, 0.5) is 0 Å². The fraction of sp³-hybridized carbons (Fsp3) is 0.176. The van der Waals surface area contributed by atoms with Gasteiger partial charge in [-0.1, -0.05) is 6.07 Å². The van der Waals surface area contributed by atoms with Gasteiger partial charge in [0.2, 0.25) is 0 Å². The van der Waals surface area contributed by atoms with Crippen molar-refractivity contribution in [2.45, 2.75) is 13.1 Å². The van der Waals surface area contributed by atoms with Crippen molar-refractivity contribution >= 4 is 16.8 Å². The van der Waals surface area contributed by atoms with Crippen molar-refractivity contribution in [3.8, 4) is 5.75 Å². The van der Waals surface area contributed by atoms with E-state index in [0.29, 0.717) is 18.8 Å². The summed E-state index contributed by atoms with van der Waals surface area (Å²) in [4.78, 5) is 22.0. The lowest BCUT2D eigenvalue weighted by molar-refractivity contribution is 0.0745. The smallest absolute Gasteiger partial charge is 0.270 e. The number of pyridine rings is 1. The lowest BCUT2D eigenvalue weighted by Gasteiger charge is -2.13. The molecule has 1 aliphatic heterocycles. The number of rotatable bonds is 2. The highest BCUT2D eigenvalue weighted by Gasteiger charge is 2.25. The minimum Gasteiger partial charge on any atom is -0.497 e. The topological polar surface area (TPSA) is 58.2 Å². The van der Waals surface area contributed by atoms with Crippen LogP contribution in [0.3, 0.4) is 0 Å². The average Bonchev–Trinajstić information content (AvgIpc) is 3.16. The van der Waals surface area contributed by atoms with Crippen LogP contribution in [0.1, 0.15) is 21.7 Å². The van der Waals surface area contributed by atoms with E-state index in [1.165, 1.54) is 0 Å². The quantitative estimate of drug-likeness (QED) is 0.790. The molecule has 3 heterocycles. The standard InChI is InChI=1S/C17H15N3O2/c1-22-13-5-4-11-7-15(19-14(11)8-13)17(21)20-9-12-3-2-6-18-16(12)10-20/h2-8,19H,9-10H2,1H3. The van der Waals surface area contributed by atoms with Crippen LogP contribution in [-0.4, -0.2) is 27.9 Å². The van der Waals surface area contributed by atoms with Crippen molar-refractivity contribution in [3.05, 3.63) is 59.5 Å². The van der Waals surface area contributed by atoms with Crippen molar-refractivity contribution < 1.29 is 9.53 Å². The van der Waals surface area contributed by atoms with Crippen LogP contribution < -0.4 is 4.74 Å². The number of amides is 1. The van der Waals surface area contributed by atoms with Crippen LogP contribution in [0.15, 0.2) is 42.6 Å². The van der Waals surface area contributed by atoms with Gasteiger partial charge in [-0.05, 0) is 29.8 Å². The summed E-state index contributed by atoms with van der Waals surface area (Å²) >= 11 is 0. The summed E-state index contributed by atoms with van der Waals surface area (Å²) in [6.45, 7) is 1.17. The Labute approximate surface area is 127 Å². The van der Waals surface area contributed by atoms with E-state index in [2.05, 4.69) is 9.97 Å². The molecule has 0 fully saturated rings. The van der Waals surface area contributed by atoms with Gasteiger partial charge in [-0.15, -0.1) is 0 Å². The maximum Gasteiger partial charge on any atom is 0.270 e. The molecule has 4 rings (SSSR count). The van der Waals surface area contributed by atoms with Crippen molar-refractivity contribution in [1.82, 2.24) is 14.9 Å². The molecule has 0 saturated carbocycles. The number of methoxy groups -OCH3 is 1. The number of benzene rings is 1. The van der Waals surface area contributed by atoms with Crippen LogP contribution in [0.5, 0.6) is 5.75 Å². The molecule has 0 saturated heterocycles. The molecule has 3 aromatic rings. The molecule has 110 valence electrons. The molecule has 0 spiro atoms. The van der Waals surface area contributed by atoms with Crippen LogP contribution in [0.2, 0.25) is 0 Å². The van der Waals surface area contributed by atoms with E-state index in [1.54, 1.807) is 18.2 Å². The maximum absolute atomic E-state index is 12.7. The minimum atomic E-state index is -0.00633. The van der Waals surface area contributed by atoms with Gasteiger partial charge in [0, 0.05) is 29.7 Å². The van der Waals surface area contributed by atoms with Gasteiger partial charge in [-0.25, -0.2) is 0 Å². The number of nitrogens with one attached hydrogen (secondary N) is 1. The molecule has 0 radical (unpaired) electrons. The van der Waals surface area contributed by atoms with Crippen LogP contribution in [0.25, 0.3) is 10.9 Å². The molecule has 0 unspecified atom stereocenters. The van der Waals surface area contributed by atoms with Gasteiger partial charge in [0.25, 0.3) is 5.91 Å². The summed E-state index contributed by atoms with van der Waals surface area (Å²) in [6.07, 6.45) is 1.77. The van der Waals surface area contributed by atoms with Gasteiger partial charge < -0.3 is 14.6 Å². The summed E-state index contributed by atoms with van der Waals surface area (Å²) in [7, 11) is 1.63. The minimum absolute atomic E-state index is 0.00633. The molecule has 22 heavy (non-hydrogen) atoms. The number of fused-ring (bicyclic) bond motifs is 2. The van der Waals surface area contributed by atoms with Gasteiger partial charge in [0.05, 0.1) is 19.3 Å². The second kappa shape index (κ2) is 4.87. The number of aromatic amines is 1. The molecule has 5 heteroatoms. The molecular weight excluding hydrogens is 278 g/mol. The van der Waals surface area contributed by atoms with Gasteiger partial charge in [0.15, 0.2) is 0 Å². The largest absolute Gasteiger partial charge is 0.497 e. The van der Waals surface area contributed by atoms with E-state index in [1.807, 2.05) is 36.4 Å². The van der Waals surface area contributed by atoms with E-state index in [9.17, 15) is 4.79 Å². The third kappa shape index (κ3) is 2.02. The molecule has 1 amide bonds. The Morgan fingerprint density at radius 2 is 2.18 bits per heavy atom. The summed E-state index contributed by atoms with van der Waals surface area (Å²) < 4.78 is 5.21. The first-order valence-corrected chi connectivity index (χ1v) is 7.13. The first kappa shape index (κ1) is 12.9. The zero-order chi connectivity index (χ0) is 15.1. The van der Waals surface area contributed by atoms with E-state index in [0.717, 1.165) is 27.9 Å². The molecule has 1 aromatic carbocycles. The lowest BCUT2D eigenvalue weighted by atomic mass is 10.2. The lowest BCUT2D eigenvalue weighted by Crippen LogP contribution is -2.25. The molecule has 0 bridgehead atoms. The molecule has 1 N–H and O–H groups in total. The molecule has 2 aromatic heterocycles. The Bertz CT molecular complexity index is 844. The highest BCUT2D eigenvalue weighted by Crippen LogP contribution is 2.25. The summed E-state index contributed by atoms with van der Waals surface area (Å²) in [5.74, 6) is 0.763. The highest BCUT2D eigenvalue weighted by molar-refractivity contribution is 5.98. The van der Waals surface area contributed by atoms with Gasteiger partial charge in [0.1, 0.15) is 11.4 Å². The number of nitrogens with zero attached hydrogens (tertiary/aromatic N) is 2. The third-order valence-electron chi connectivity index (χ3n) is 4.03. The summed E-state index contributed by atoms with van der Waals surface area (Å²) in [5, 5.41) is 0.999. The number of carbonyl (C=O) groups excluding carboxylic acids is 1. The van der Waals surface area contributed by atoms with Gasteiger partial charge in [-0.2, -0.15) is 0 Å². The molecule has 5 nitrogen and oxygen atoms in total. The highest BCUT2D eigenvalue weighted by atomic mass is 16.5. The van der Waals surface area contributed by atoms with Crippen LogP contribution in [-0.2, 0) is 13.1 Å². The van der Waals surface area contributed by atoms with Crippen molar-refractivity contribution in [1.29, 1.82) is 0 Å². The number of hydrogen-bond donors (Lipinski definition) is 1. The van der Waals surface area contributed by atoms with E-state index in [-0.39, 0.29) is 5.91 Å². The summed E-state index contributed by atoms with van der Waals surface area (Å²) in [6, 6.07) is 11.5. The van der Waals surface area contributed by atoms with E-state index >= 15 is 0 Å². The van der Waals surface area contributed by atoms with Crippen molar-refractivity contribution in [3.63, 3.8) is 0 Å². The monoisotopic (exact) mass is 293 g/mol. The van der Waals surface area contributed by atoms with Crippen LogP contribution in [0, 0.1) is 0 Å². The zero-order valence-corrected chi connectivity index (χ0v) is 12.2. The van der Waals surface area contributed by atoms with E-state index in [4.69, 9.17) is 4.74 Å². The fourth-order valence-electron chi connectivity index (χ4n) is 2.86. The summed E-state index contributed by atoms with van der Waals surface area (Å²) in [5.41, 5.74) is 3.59. The molecule has 0 atom stereocenters. The molecular formula is C17H15N3O2. The van der Waals surface area contributed by atoms with Crippen molar-refractivity contribution in [2.75, 3.05) is 7.11 Å². The number of carbonyl (C=O) groups is 1. The Hall–Kier alpha value is -2.82. The number of hydrogen-bond acceptors (Lipinski definition) is 3. The normalized spacial score (nSPS) is 13.4. The number of H-pyrrole nitrogens is 1. The Kier molecular flexibility index (Phi) is 2.85. The predicted octanol–water partition coefficient (Wildman–Crippen LogP) is 2.73. The number of aromatic nitrogens is 2. The first-order chi connectivity index (χ1) is 10.7. The first-order valence-electron chi connectivity index (χ1n) is 7.13. The Morgan fingerprint density at radius 3 is 3.00 bits per heavy atom. The average molecular weight is 293 g/mol. The van der Waals surface area contributed by atoms with Crippen molar-refractivity contribution in [2.24, 2.45) is 0 Å². The van der Waals surface area contributed by atoms with E-state index < -0.39 is 0 Å². The number of ether oxygens (including phenoxy) is 1. The third-order valence-corrected chi connectivity index (χ3v) is 4.03. The molecule has 1 aliphatic rings.